The number of anilines is 1. The predicted octanol–water partition coefficient (Wildman–Crippen LogP) is 3.91. The molecule has 0 aliphatic heterocycles. The second kappa shape index (κ2) is 5.83. The fourth-order valence-electron chi connectivity index (χ4n) is 2.48. The fraction of sp³-hybridized carbons (Fsp3) is 0.167. The molecule has 0 saturated carbocycles. The average molecular weight is 278 g/mol. The molecule has 21 heavy (non-hydrogen) atoms. The Morgan fingerprint density at radius 3 is 2.62 bits per heavy atom. The van der Waals surface area contributed by atoms with Crippen molar-refractivity contribution in [3.8, 4) is 0 Å². The molecule has 3 rings (SSSR count). The highest BCUT2D eigenvalue weighted by molar-refractivity contribution is 5.95. The van der Waals surface area contributed by atoms with Crippen LogP contribution in [0.15, 0.2) is 54.7 Å². The van der Waals surface area contributed by atoms with Gasteiger partial charge in [-0.15, -0.1) is 0 Å². The summed E-state index contributed by atoms with van der Waals surface area (Å²) in [5, 5.41) is 4.05. The molecule has 1 amide bonds. The van der Waals surface area contributed by atoms with E-state index in [-0.39, 0.29) is 5.91 Å². The Balaban J connectivity index is 1.71. The molecule has 3 nitrogen and oxygen atoms in total. The zero-order valence-electron chi connectivity index (χ0n) is 12.0. The Bertz CT molecular complexity index is 756. The van der Waals surface area contributed by atoms with Gasteiger partial charge in [-0.05, 0) is 35.7 Å². The molecule has 0 aliphatic rings. The molecule has 0 atom stereocenters. The van der Waals surface area contributed by atoms with E-state index < -0.39 is 0 Å². The van der Waals surface area contributed by atoms with Crippen LogP contribution in [-0.2, 0) is 17.6 Å². The number of rotatable bonds is 4. The number of para-hydroxylation sites is 1. The minimum absolute atomic E-state index is 0.00371. The van der Waals surface area contributed by atoms with Gasteiger partial charge in [0.25, 0.3) is 0 Å². The third-order valence-corrected chi connectivity index (χ3v) is 3.67. The van der Waals surface area contributed by atoms with Gasteiger partial charge >= 0.3 is 0 Å². The highest BCUT2D eigenvalue weighted by Gasteiger charge is 2.08. The van der Waals surface area contributed by atoms with Crippen molar-refractivity contribution >= 4 is 22.5 Å². The number of fused-ring (bicyclic) bond motifs is 1. The summed E-state index contributed by atoms with van der Waals surface area (Å²) in [4.78, 5) is 15.3. The molecule has 2 aromatic carbocycles. The second-order valence-corrected chi connectivity index (χ2v) is 5.13. The van der Waals surface area contributed by atoms with Gasteiger partial charge in [0.2, 0.25) is 5.91 Å². The van der Waals surface area contributed by atoms with Gasteiger partial charge in [-0.2, -0.15) is 0 Å². The van der Waals surface area contributed by atoms with E-state index in [1.807, 2.05) is 54.7 Å². The Labute approximate surface area is 124 Å². The van der Waals surface area contributed by atoms with Crippen molar-refractivity contribution in [3.63, 3.8) is 0 Å². The topological polar surface area (TPSA) is 44.9 Å². The summed E-state index contributed by atoms with van der Waals surface area (Å²) >= 11 is 0. The maximum Gasteiger partial charge on any atom is 0.228 e. The Morgan fingerprint density at radius 1 is 1.10 bits per heavy atom. The van der Waals surface area contributed by atoms with Crippen LogP contribution in [0.25, 0.3) is 10.9 Å². The molecule has 0 spiro atoms. The lowest BCUT2D eigenvalue weighted by molar-refractivity contribution is -0.115. The van der Waals surface area contributed by atoms with E-state index in [4.69, 9.17) is 0 Å². The molecular formula is C18H18N2O. The predicted molar refractivity (Wildman–Crippen MR) is 86.5 cm³/mol. The van der Waals surface area contributed by atoms with Gasteiger partial charge in [0.15, 0.2) is 0 Å². The standard InChI is InChI=1S/C18H18N2O/c1-2-13-7-9-15(10-8-13)20-18(21)11-14-12-19-17-6-4-3-5-16(14)17/h3-10,12,19H,2,11H2,1H3,(H,20,21). The minimum Gasteiger partial charge on any atom is -0.361 e. The third-order valence-electron chi connectivity index (χ3n) is 3.67. The second-order valence-electron chi connectivity index (χ2n) is 5.13. The first-order valence-corrected chi connectivity index (χ1v) is 7.20. The number of aryl methyl sites for hydroxylation is 1. The van der Waals surface area contributed by atoms with Gasteiger partial charge in [0.05, 0.1) is 6.42 Å². The van der Waals surface area contributed by atoms with Gasteiger partial charge in [-0.1, -0.05) is 37.3 Å². The normalized spacial score (nSPS) is 10.7. The number of H-pyrrole nitrogens is 1. The Kier molecular flexibility index (Phi) is 3.73. The Morgan fingerprint density at radius 2 is 1.86 bits per heavy atom. The van der Waals surface area contributed by atoms with Crippen LogP contribution in [0, 0.1) is 0 Å². The summed E-state index contributed by atoms with van der Waals surface area (Å²) in [6.07, 6.45) is 3.29. The van der Waals surface area contributed by atoms with Gasteiger partial charge in [-0.3, -0.25) is 4.79 Å². The van der Waals surface area contributed by atoms with Gasteiger partial charge < -0.3 is 10.3 Å². The quantitative estimate of drug-likeness (QED) is 0.746. The van der Waals surface area contributed by atoms with Crippen LogP contribution >= 0.6 is 0 Å². The number of carbonyl (C=O) groups is 1. The molecule has 0 bridgehead atoms. The average Bonchev–Trinajstić information content (AvgIpc) is 2.91. The molecule has 0 unspecified atom stereocenters. The van der Waals surface area contributed by atoms with Crippen LogP contribution in [0.3, 0.4) is 0 Å². The van der Waals surface area contributed by atoms with Gasteiger partial charge in [-0.25, -0.2) is 0 Å². The van der Waals surface area contributed by atoms with Crippen molar-refractivity contribution in [2.75, 3.05) is 5.32 Å². The minimum atomic E-state index is 0.00371. The lowest BCUT2D eigenvalue weighted by Gasteiger charge is -2.05. The van der Waals surface area contributed by atoms with E-state index in [0.717, 1.165) is 28.6 Å². The fourth-order valence-corrected chi connectivity index (χ4v) is 2.48. The molecular weight excluding hydrogens is 260 g/mol. The molecule has 3 heteroatoms. The van der Waals surface area contributed by atoms with Crippen molar-refractivity contribution < 1.29 is 4.79 Å². The largest absolute Gasteiger partial charge is 0.361 e. The number of benzene rings is 2. The van der Waals surface area contributed by atoms with Crippen LogP contribution in [0.5, 0.6) is 0 Å². The highest BCUT2D eigenvalue weighted by atomic mass is 16.1. The van der Waals surface area contributed by atoms with Crippen LogP contribution in [-0.4, -0.2) is 10.9 Å². The Hall–Kier alpha value is -2.55. The number of carbonyl (C=O) groups excluding carboxylic acids is 1. The first-order chi connectivity index (χ1) is 10.3. The summed E-state index contributed by atoms with van der Waals surface area (Å²) in [5.74, 6) is 0.00371. The molecule has 2 N–H and O–H groups in total. The van der Waals surface area contributed by atoms with E-state index in [1.54, 1.807) is 0 Å². The number of hydrogen-bond acceptors (Lipinski definition) is 1. The monoisotopic (exact) mass is 278 g/mol. The summed E-state index contributed by atoms with van der Waals surface area (Å²) in [5.41, 5.74) is 4.20. The van der Waals surface area contributed by atoms with E-state index in [0.29, 0.717) is 6.42 Å². The van der Waals surface area contributed by atoms with Crippen molar-refractivity contribution in [3.05, 3.63) is 65.9 Å². The van der Waals surface area contributed by atoms with Crippen molar-refractivity contribution in [2.45, 2.75) is 19.8 Å². The maximum absolute atomic E-state index is 12.2. The SMILES string of the molecule is CCc1ccc(NC(=O)Cc2c[nH]c3ccccc23)cc1. The highest BCUT2D eigenvalue weighted by Crippen LogP contribution is 2.18. The summed E-state index contributed by atoms with van der Waals surface area (Å²) in [6, 6.07) is 16.0. The number of hydrogen-bond donors (Lipinski definition) is 2. The molecule has 0 radical (unpaired) electrons. The van der Waals surface area contributed by atoms with Crippen molar-refractivity contribution in [1.82, 2.24) is 4.98 Å². The van der Waals surface area contributed by atoms with Gasteiger partial charge in [0, 0.05) is 22.8 Å². The molecule has 0 aliphatic carbocycles. The lowest BCUT2D eigenvalue weighted by atomic mass is 10.1. The number of aromatic nitrogens is 1. The number of amides is 1. The van der Waals surface area contributed by atoms with Crippen LogP contribution in [0.4, 0.5) is 5.69 Å². The molecule has 3 aromatic rings. The zero-order chi connectivity index (χ0) is 14.7. The zero-order valence-corrected chi connectivity index (χ0v) is 12.0. The summed E-state index contributed by atoms with van der Waals surface area (Å²) in [6.45, 7) is 2.12. The maximum atomic E-state index is 12.2. The van der Waals surface area contributed by atoms with Crippen LogP contribution in [0.1, 0.15) is 18.1 Å². The van der Waals surface area contributed by atoms with E-state index >= 15 is 0 Å². The first-order valence-electron chi connectivity index (χ1n) is 7.20. The van der Waals surface area contributed by atoms with E-state index in [2.05, 4.69) is 17.2 Å². The smallest absolute Gasteiger partial charge is 0.228 e. The van der Waals surface area contributed by atoms with Crippen LogP contribution < -0.4 is 5.32 Å². The molecule has 106 valence electrons. The number of aromatic amines is 1. The molecule has 1 heterocycles. The van der Waals surface area contributed by atoms with Crippen molar-refractivity contribution in [2.24, 2.45) is 0 Å². The number of nitrogens with one attached hydrogen (secondary N) is 2. The molecule has 0 saturated heterocycles. The van der Waals surface area contributed by atoms with Crippen molar-refractivity contribution in [1.29, 1.82) is 0 Å². The van der Waals surface area contributed by atoms with Crippen LogP contribution in [0.2, 0.25) is 0 Å². The third kappa shape index (κ3) is 2.97. The lowest BCUT2D eigenvalue weighted by Crippen LogP contribution is -2.14. The summed E-state index contributed by atoms with van der Waals surface area (Å²) in [7, 11) is 0. The van der Waals surface area contributed by atoms with E-state index in [1.165, 1.54) is 5.56 Å². The van der Waals surface area contributed by atoms with E-state index in [9.17, 15) is 4.79 Å². The summed E-state index contributed by atoms with van der Waals surface area (Å²) < 4.78 is 0. The van der Waals surface area contributed by atoms with Gasteiger partial charge in [0.1, 0.15) is 0 Å². The first kappa shape index (κ1) is 13.4. The molecule has 1 aromatic heterocycles. The molecule has 0 fully saturated rings.